The van der Waals surface area contributed by atoms with Gasteiger partial charge in [-0.1, -0.05) is 19.9 Å². The highest BCUT2D eigenvalue weighted by molar-refractivity contribution is 5.09. The van der Waals surface area contributed by atoms with Crippen LogP contribution in [0.3, 0.4) is 0 Å². The van der Waals surface area contributed by atoms with Gasteiger partial charge < -0.3 is 9.88 Å². The van der Waals surface area contributed by atoms with Gasteiger partial charge in [0.2, 0.25) is 0 Å². The first-order valence-electron chi connectivity index (χ1n) is 6.99. The number of pyridine rings is 1. The Balaban J connectivity index is 2.17. The van der Waals surface area contributed by atoms with Crippen LogP contribution in [0.2, 0.25) is 0 Å². The quantitative estimate of drug-likeness (QED) is 0.830. The second kappa shape index (κ2) is 7.04. The van der Waals surface area contributed by atoms with Gasteiger partial charge in [-0.25, -0.2) is 4.98 Å². The van der Waals surface area contributed by atoms with Gasteiger partial charge in [0.1, 0.15) is 5.82 Å². The first-order valence-corrected chi connectivity index (χ1v) is 6.99. The second-order valence-electron chi connectivity index (χ2n) is 4.61. The maximum absolute atomic E-state index is 4.52. The van der Waals surface area contributed by atoms with Crippen molar-refractivity contribution in [3.8, 4) is 0 Å². The van der Waals surface area contributed by atoms with Crippen LogP contribution in [0.4, 0.5) is 0 Å². The van der Waals surface area contributed by atoms with Crippen molar-refractivity contribution in [2.24, 2.45) is 0 Å². The monoisotopic (exact) mass is 258 g/mol. The van der Waals surface area contributed by atoms with Crippen molar-refractivity contribution >= 4 is 0 Å². The number of rotatable bonds is 7. The summed E-state index contributed by atoms with van der Waals surface area (Å²) in [5.41, 5.74) is 1.10. The van der Waals surface area contributed by atoms with E-state index in [-0.39, 0.29) is 6.04 Å². The molecular weight excluding hydrogens is 236 g/mol. The molecule has 2 aromatic rings. The summed E-state index contributed by atoms with van der Waals surface area (Å²) < 4.78 is 2.23. The summed E-state index contributed by atoms with van der Waals surface area (Å²) in [5, 5.41) is 3.51. The van der Waals surface area contributed by atoms with E-state index < -0.39 is 0 Å². The summed E-state index contributed by atoms with van der Waals surface area (Å²) >= 11 is 0. The number of aromatic nitrogens is 3. The van der Waals surface area contributed by atoms with E-state index in [1.807, 2.05) is 24.5 Å². The molecule has 0 saturated heterocycles. The Labute approximate surface area is 114 Å². The van der Waals surface area contributed by atoms with Crippen LogP contribution >= 0.6 is 0 Å². The maximum Gasteiger partial charge on any atom is 0.126 e. The SMILES string of the molecule is CCCn1ccnc1C(Cc1ccccn1)NCC. The molecule has 2 heterocycles. The molecule has 0 aliphatic rings. The topological polar surface area (TPSA) is 42.7 Å². The average molecular weight is 258 g/mol. The number of nitrogens with zero attached hydrogens (tertiary/aromatic N) is 3. The van der Waals surface area contributed by atoms with Crippen LogP contribution in [0.1, 0.15) is 37.8 Å². The molecule has 1 N–H and O–H groups in total. The Kier molecular flexibility index (Phi) is 5.10. The zero-order valence-electron chi connectivity index (χ0n) is 11.7. The Hall–Kier alpha value is -1.68. The molecule has 0 amide bonds. The van der Waals surface area contributed by atoms with E-state index in [0.717, 1.165) is 37.4 Å². The van der Waals surface area contributed by atoms with Crippen LogP contribution in [0.15, 0.2) is 36.8 Å². The van der Waals surface area contributed by atoms with Crippen molar-refractivity contribution in [1.82, 2.24) is 19.9 Å². The van der Waals surface area contributed by atoms with Crippen LogP contribution in [-0.2, 0) is 13.0 Å². The van der Waals surface area contributed by atoms with Crippen molar-refractivity contribution in [3.05, 3.63) is 48.3 Å². The van der Waals surface area contributed by atoms with E-state index in [9.17, 15) is 0 Å². The Morgan fingerprint density at radius 2 is 2.11 bits per heavy atom. The molecule has 0 aliphatic carbocycles. The van der Waals surface area contributed by atoms with Crippen molar-refractivity contribution in [1.29, 1.82) is 0 Å². The van der Waals surface area contributed by atoms with Crippen molar-refractivity contribution in [2.75, 3.05) is 6.54 Å². The van der Waals surface area contributed by atoms with Gasteiger partial charge in [0.05, 0.1) is 6.04 Å². The molecule has 1 atom stereocenters. The van der Waals surface area contributed by atoms with E-state index in [1.165, 1.54) is 0 Å². The molecule has 4 nitrogen and oxygen atoms in total. The minimum atomic E-state index is 0.224. The molecule has 102 valence electrons. The Morgan fingerprint density at radius 3 is 2.79 bits per heavy atom. The zero-order chi connectivity index (χ0) is 13.5. The number of nitrogens with one attached hydrogen (secondary N) is 1. The van der Waals surface area contributed by atoms with Crippen LogP contribution in [-0.4, -0.2) is 21.1 Å². The van der Waals surface area contributed by atoms with Gasteiger partial charge in [-0.3, -0.25) is 4.98 Å². The fourth-order valence-electron chi connectivity index (χ4n) is 2.29. The predicted octanol–water partition coefficient (Wildman–Crippen LogP) is 2.58. The number of likely N-dealkylation sites (N-methyl/N-ethyl adjacent to an activating group) is 1. The van der Waals surface area contributed by atoms with E-state index in [0.29, 0.717) is 0 Å². The highest BCUT2D eigenvalue weighted by atomic mass is 15.1. The lowest BCUT2D eigenvalue weighted by Crippen LogP contribution is -2.26. The van der Waals surface area contributed by atoms with Crippen LogP contribution < -0.4 is 5.32 Å². The van der Waals surface area contributed by atoms with Gasteiger partial charge in [0.25, 0.3) is 0 Å². The molecular formula is C15H22N4. The van der Waals surface area contributed by atoms with Crippen LogP contribution in [0, 0.1) is 0 Å². The predicted molar refractivity (Wildman–Crippen MR) is 76.9 cm³/mol. The number of hydrogen-bond donors (Lipinski definition) is 1. The minimum absolute atomic E-state index is 0.224. The third-order valence-corrected chi connectivity index (χ3v) is 3.11. The third kappa shape index (κ3) is 3.64. The summed E-state index contributed by atoms with van der Waals surface area (Å²) in [6, 6.07) is 6.27. The highest BCUT2D eigenvalue weighted by Crippen LogP contribution is 2.16. The smallest absolute Gasteiger partial charge is 0.126 e. The molecule has 0 aromatic carbocycles. The average Bonchev–Trinajstić information content (AvgIpc) is 2.88. The van der Waals surface area contributed by atoms with Gasteiger partial charge in [0, 0.05) is 37.3 Å². The highest BCUT2D eigenvalue weighted by Gasteiger charge is 2.16. The second-order valence-corrected chi connectivity index (χ2v) is 4.61. The van der Waals surface area contributed by atoms with Crippen LogP contribution in [0.5, 0.6) is 0 Å². The van der Waals surface area contributed by atoms with Crippen LogP contribution in [0.25, 0.3) is 0 Å². The molecule has 0 radical (unpaired) electrons. The lowest BCUT2D eigenvalue weighted by molar-refractivity contribution is 0.484. The third-order valence-electron chi connectivity index (χ3n) is 3.11. The normalized spacial score (nSPS) is 12.5. The lowest BCUT2D eigenvalue weighted by atomic mass is 10.1. The summed E-state index contributed by atoms with van der Waals surface area (Å²) in [5.74, 6) is 1.11. The molecule has 0 bridgehead atoms. The van der Waals surface area contributed by atoms with Crippen molar-refractivity contribution in [2.45, 2.75) is 39.3 Å². The standard InChI is InChI=1S/C15H22N4/c1-3-10-19-11-9-18-15(19)14(16-4-2)12-13-7-5-6-8-17-13/h5-9,11,14,16H,3-4,10,12H2,1-2H3. The van der Waals surface area contributed by atoms with E-state index in [2.05, 4.69) is 46.0 Å². The lowest BCUT2D eigenvalue weighted by Gasteiger charge is -2.18. The van der Waals surface area contributed by atoms with E-state index in [4.69, 9.17) is 0 Å². The van der Waals surface area contributed by atoms with Gasteiger partial charge in [0.15, 0.2) is 0 Å². The van der Waals surface area contributed by atoms with Gasteiger partial charge in [-0.2, -0.15) is 0 Å². The van der Waals surface area contributed by atoms with E-state index >= 15 is 0 Å². The van der Waals surface area contributed by atoms with Crippen molar-refractivity contribution < 1.29 is 0 Å². The molecule has 2 aromatic heterocycles. The number of imidazole rings is 1. The number of hydrogen-bond acceptors (Lipinski definition) is 3. The minimum Gasteiger partial charge on any atom is -0.334 e. The molecule has 0 fully saturated rings. The molecule has 2 rings (SSSR count). The summed E-state index contributed by atoms with van der Waals surface area (Å²) in [6.45, 7) is 6.25. The summed E-state index contributed by atoms with van der Waals surface area (Å²) in [6.07, 6.45) is 7.77. The molecule has 0 spiro atoms. The summed E-state index contributed by atoms with van der Waals surface area (Å²) in [7, 11) is 0. The van der Waals surface area contributed by atoms with Gasteiger partial charge in [-0.15, -0.1) is 0 Å². The zero-order valence-corrected chi connectivity index (χ0v) is 11.7. The fourth-order valence-corrected chi connectivity index (χ4v) is 2.29. The number of aryl methyl sites for hydroxylation is 1. The van der Waals surface area contributed by atoms with Gasteiger partial charge in [-0.05, 0) is 25.1 Å². The maximum atomic E-state index is 4.52. The molecule has 19 heavy (non-hydrogen) atoms. The first kappa shape index (κ1) is 13.7. The molecule has 0 saturated carbocycles. The Bertz CT molecular complexity index is 478. The largest absolute Gasteiger partial charge is 0.334 e. The first-order chi connectivity index (χ1) is 9.35. The molecule has 4 heteroatoms. The molecule has 1 unspecified atom stereocenters. The van der Waals surface area contributed by atoms with Crippen molar-refractivity contribution in [3.63, 3.8) is 0 Å². The molecule has 0 aliphatic heterocycles. The van der Waals surface area contributed by atoms with E-state index in [1.54, 1.807) is 0 Å². The summed E-state index contributed by atoms with van der Waals surface area (Å²) in [4.78, 5) is 8.93. The fraction of sp³-hybridized carbons (Fsp3) is 0.467. The van der Waals surface area contributed by atoms with Gasteiger partial charge >= 0.3 is 0 Å². The Morgan fingerprint density at radius 1 is 1.21 bits per heavy atom.